The van der Waals surface area contributed by atoms with E-state index in [0.717, 1.165) is 42.6 Å². The summed E-state index contributed by atoms with van der Waals surface area (Å²) in [6, 6.07) is 7.62. The number of carbonyl (C=O) groups excluding carboxylic acids is 1. The molecule has 1 saturated carbocycles. The van der Waals surface area contributed by atoms with Crippen LogP contribution in [-0.4, -0.2) is 19.2 Å². The minimum Gasteiger partial charge on any atom is -0.496 e. The van der Waals surface area contributed by atoms with Crippen molar-refractivity contribution in [2.75, 3.05) is 12.8 Å². The number of esters is 1. The van der Waals surface area contributed by atoms with E-state index in [1.807, 2.05) is 29.6 Å². The minimum absolute atomic E-state index is 0.0149. The molecular formula is C18H21NO3S. The Hall–Kier alpha value is -2.01. The third kappa shape index (κ3) is 3.34. The number of rotatable bonds is 4. The Bertz CT molecular complexity index is 689. The average Bonchev–Trinajstić information content (AvgIpc) is 2.97. The lowest BCUT2D eigenvalue weighted by Gasteiger charge is -2.22. The van der Waals surface area contributed by atoms with Gasteiger partial charge in [-0.1, -0.05) is 24.6 Å². The van der Waals surface area contributed by atoms with E-state index >= 15 is 0 Å². The molecule has 0 saturated heterocycles. The summed E-state index contributed by atoms with van der Waals surface area (Å²) in [5.41, 5.74) is 8.16. The molecule has 0 radical (unpaired) electrons. The molecule has 0 bridgehead atoms. The standard InChI is InChI=1S/C18H21NO3S/c1-21-15-10-6-5-9-13(15)14-11-23-17(19)16(14)18(20)22-12-7-3-2-4-8-12/h5-6,9-12H,2-4,7-8,19H2,1H3. The van der Waals surface area contributed by atoms with Crippen LogP contribution in [0.2, 0.25) is 0 Å². The van der Waals surface area contributed by atoms with E-state index < -0.39 is 0 Å². The molecule has 0 atom stereocenters. The summed E-state index contributed by atoms with van der Waals surface area (Å²) in [6.45, 7) is 0. The van der Waals surface area contributed by atoms with Crippen molar-refractivity contribution in [1.29, 1.82) is 0 Å². The molecule has 1 aliphatic rings. The van der Waals surface area contributed by atoms with E-state index in [4.69, 9.17) is 15.2 Å². The highest BCUT2D eigenvalue weighted by Crippen LogP contribution is 2.39. The summed E-state index contributed by atoms with van der Waals surface area (Å²) in [5, 5.41) is 2.39. The van der Waals surface area contributed by atoms with Gasteiger partial charge in [0.05, 0.1) is 7.11 Å². The first-order valence-electron chi connectivity index (χ1n) is 7.92. The zero-order chi connectivity index (χ0) is 16.2. The Morgan fingerprint density at radius 3 is 2.65 bits per heavy atom. The third-order valence-corrected chi connectivity index (χ3v) is 5.06. The Kier molecular flexibility index (Phi) is 4.86. The monoisotopic (exact) mass is 331 g/mol. The zero-order valence-corrected chi connectivity index (χ0v) is 14.0. The molecule has 3 rings (SSSR count). The molecule has 4 nitrogen and oxygen atoms in total. The first-order valence-corrected chi connectivity index (χ1v) is 8.80. The van der Waals surface area contributed by atoms with E-state index in [-0.39, 0.29) is 12.1 Å². The van der Waals surface area contributed by atoms with E-state index in [9.17, 15) is 4.79 Å². The smallest absolute Gasteiger partial charge is 0.342 e. The molecule has 0 unspecified atom stereocenters. The molecule has 5 heteroatoms. The van der Waals surface area contributed by atoms with Crippen molar-refractivity contribution in [3.63, 3.8) is 0 Å². The number of anilines is 1. The van der Waals surface area contributed by atoms with Crippen molar-refractivity contribution in [2.45, 2.75) is 38.2 Å². The highest BCUT2D eigenvalue weighted by molar-refractivity contribution is 7.15. The molecule has 1 aromatic carbocycles. The van der Waals surface area contributed by atoms with Gasteiger partial charge in [-0.15, -0.1) is 11.3 Å². The van der Waals surface area contributed by atoms with Gasteiger partial charge in [0.15, 0.2) is 0 Å². The lowest BCUT2D eigenvalue weighted by Crippen LogP contribution is -2.21. The van der Waals surface area contributed by atoms with Crippen LogP contribution in [0.1, 0.15) is 42.5 Å². The number of carbonyl (C=O) groups is 1. The molecule has 0 spiro atoms. The summed E-state index contributed by atoms with van der Waals surface area (Å²) >= 11 is 1.36. The zero-order valence-electron chi connectivity index (χ0n) is 13.2. The fourth-order valence-corrected chi connectivity index (χ4v) is 3.84. The van der Waals surface area contributed by atoms with Crippen LogP contribution in [0.4, 0.5) is 5.00 Å². The van der Waals surface area contributed by atoms with Gasteiger partial charge in [0.2, 0.25) is 0 Å². The summed E-state index contributed by atoms with van der Waals surface area (Å²) in [4.78, 5) is 12.7. The fraction of sp³-hybridized carbons (Fsp3) is 0.389. The first-order chi connectivity index (χ1) is 11.2. The van der Waals surface area contributed by atoms with Crippen molar-refractivity contribution < 1.29 is 14.3 Å². The maximum absolute atomic E-state index is 12.7. The van der Waals surface area contributed by atoms with E-state index in [1.54, 1.807) is 7.11 Å². The number of methoxy groups -OCH3 is 1. The van der Waals surface area contributed by atoms with E-state index in [2.05, 4.69) is 0 Å². The summed E-state index contributed by atoms with van der Waals surface area (Å²) < 4.78 is 11.1. The third-order valence-electron chi connectivity index (χ3n) is 4.25. The van der Waals surface area contributed by atoms with Crippen LogP contribution in [0.3, 0.4) is 0 Å². The van der Waals surface area contributed by atoms with Gasteiger partial charge in [-0.05, 0) is 31.7 Å². The van der Waals surface area contributed by atoms with Crippen LogP contribution in [0.5, 0.6) is 5.75 Å². The Balaban J connectivity index is 1.90. The molecule has 2 N–H and O–H groups in total. The molecule has 1 fully saturated rings. The second-order valence-corrected chi connectivity index (χ2v) is 6.67. The van der Waals surface area contributed by atoms with Crippen molar-refractivity contribution >= 4 is 22.3 Å². The van der Waals surface area contributed by atoms with Gasteiger partial charge >= 0.3 is 5.97 Å². The van der Waals surface area contributed by atoms with Gasteiger partial charge in [0, 0.05) is 16.5 Å². The minimum atomic E-state index is -0.323. The van der Waals surface area contributed by atoms with Crippen LogP contribution < -0.4 is 10.5 Å². The van der Waals surface area contributed by atoms with Crippen molar-refractivity contribution in [2.24, 2.45) is 0 Å². The number of ether oxygens (including phenoxy) is 2. The Morgan fingerprint density at radius 2 is 1.91 bits per heavy atom. The van der Waals surface area contributed by atoms with Crippen LogP contribution >= 0.6 is 11.3 Å². The number of hydrogen-bond acceptors (Lipinski definition) is 5. The van der Waals surface area contributed by atoms with Crippen LogP contribution in [0.25, 0.3) is 11.1 Å². The lowest BCUT2D eigenvalue weighted by molar-refractivity contribution is 0.0214. The predicted octanol–water partition coefficient (Wildman–Crippen LogP) is 4.50. The summed E-state index contributed by atoms with van der Waals surface area (Å²) in [5.74, 6) is 0.397. The molecule has 2 aromatic rings. The normalized spacial score (nSPS) is 15.3. The maximum Gasteiger partial charge on any atom is 0.342 e. The first kappa shape index (κ1) is 15.9. The van der Waals surface area contributed by atoms with Gasteiger partial charge in [-0.2, -0.15) is 0 Å². The second-order valence-electron chi connectivity index (χ2n) is 5.75. The molecule has 1 aromatic heterocycles. The average molecular weight is 331 g/mol. The highest BCUT2D eigenvalue weighted by Gasteiger charge is 2.25. The largest absolute Gasteiger partial charge is 0.496 e. The van der Waals surface area contributed by atoms with Crippen LogP contribution in [0.15, 0.2) is 29.6 Å². The maximum atomic E-state index is 12.7. The molecule has 23 heavy (non-hydrogen) atoms. The van der Waals surface area contributed by atoms with Gasteiger partial charge in [0.25, 0.3) is 0 Å². The van der Waals surface area contributed by atoms with Crippen molar-refractivity contribution in [3.05, 3.63) is 35.2 Å². The van der Waals surface area contributed by atoms with Crippen molar-refractivity contribution in [1.82, 2.24) is 0 Å². The Labute approximate surface area is 140 Å². The van der Waals surface area contributed by atoms with Crippen LogP contribution in [-0.2, 0) is 4.74 Å². The quantitative estimate of drug-likeness (QED) is 0.838. The molecule has 1 aliphatic carbocycles. The number of nitrogens with two attached hydrogens (primary N) is 1. The van der Waals surface area contributed by atoms with E-state index in [0.29, 0.717) is 10.6 Å². The Morgan fingerprint density at radius 1 is 1.17 bits per heavy atom. The molecule has 0 amide bonds. The number of benzene rings is 1. The van der Waals surface area contributed by atoms with E-state index in [1.165, 1.54) is 17.8 Å². The summed E-state index contributed by atoms with van der Waals surface area (Å²) in [6.07, 6.45) is 5.37. The number of para-hydroxylation sites is 1. The fourth-order valence-electron chi connectivity index (χ4n) is 3.04. The van der Waals surface area contributed by atoms with Crippen molar-refractivity contribution in [3.8, 4) is 16.9 Å². The topological polar surface area (TPSA) is 61.5 Å². The lowest BCUT2D eigenvalue weighted by atomic mass is 9.97. The van der Waals surface area contributed by atoms with Crippen LogP contribution in [0, 0.1) is 0 Å². The SMILES string of the molecule is COc1ccccc1-c1csc(N)c1C(=O)OC1CCCCC1. The van der Waals surface area contributed by atoms with Gasteiger partial charge in [0.1, 0.15) is 22.4 Å². The highest BCUT2D eigenvalue weighted by atomic mass is 32.1. The number of nitrogen functional groups attached to an aromatic ring is 1. The molecule has 122 valence electrons. The summed E-state index contributed by atoms with van der Waals surface area (Å²) in [7, 11) is 1.62. The van der Waals surface area contributed by atoms with Gasteiger partial charge in [-0.3, -0.25) is 0 Å². The predicted molar refractivity (Wildman–Crippen MR) is 93.0 cm³/mol. The van der Waals surface area contributed by atoms with Gasteiger partial charge < -0.3 is 15.2 Å². The number of thiophene rings is 1. The molecular weight excluding hydrogens is 310 g/mol. The molecule has 1 heterocycles. The van der Waals surface area contributed by atoms with Gasteiger partial charge in [-0.25, -0.2) is 4.79 Å². The second kappa shape index (κ2) is 7.04. The molecule has 0 aliphatic heterocycles. The number of hydrogen-bond donors (Lipinski definition) is 1.